The van der Waals surface area contributed by atoms with Crippen LogP contribution in [0.2, 0.25) is 0 Å². The smallest absolute Gasteiger partial charge is 0.352 e. The number of phenols is 2. The number of carbonyl (C=O) groups excluding carboxylic acids is 1. The highest BCUT2D eigenvalue weighted by molar-refractivity contribution is 5.75. The molecule has 16 heavy (non-hydrogen) atoms. The molecule has 0 radical (unpaired) electrons. The number of rotatable bonds is 3. The van der Waals surface area contributed by atoms with Crippen LogP contribution >= 0.6 is 0 Å². The summed E-state index contributed by atoms with van der Waals surface area (Å²) in [5.74, 6) is -2.03. The van der Waals surface area contributed by atoms with Crippen molar-refractivity contribution < 1.29 is 24.7 Å². The second kappa shape index (κ2) is 4.47. The molecule has 1 aromatic rings. The molecule has 0 aromatic heterocycles. The largest absolute Gasteiger partial charge is 0.502 e. The van der Waals surface area contributed by atoms with E-state index in [1.54, 1.807) is 0 Å². The molecular weight excluding hydrogens is 218 g/mol. The lowest BCUT2D eigenvalue weighted by Gasteiger charge is -2.04. The van der Waals surface area contributed by atoms with Gasteiger partial charge in [0.2, 0.25) is 5.75 Å². The van der Waals surface area contributed by atoms with Gasteiger partial charge in [-0.3, -0.25) is 14.9 Å². The van der Waals surface area contributed by atoms with Gasteiger partial charge in [0.05, 0.1) is 18.5 Å². The van der Waals surface area contributed by atoms with Crippen molar-refractivity contribution in [3.05, 3.63) is 27.8 Å². The van der Waals surface area contributed by atoms with Crippen LogP contribution in [0, 0.1) is 10.1 Å². The van der Waals surface area contributed by atoms with Crippen molar-refractivity contribution in [1.29, 1.82) is 0 Å². The number of nitro groups is 1. The van der Waals surface area contributed by atoms with E-state index >= 15 is 0 Å². The number of carbonyl (C=O) groups is 1. The van der Waals surface area contributed by atoms with E-state index in [4.69, 9.17) is 5.11 Å². The van der Waals surface area contributed by atoms with Crippen LogP contribution in [0.15, 0.2) is 12.1 Å². The normalized spacial score (nSPS) is 9.81. The fourth-order valence-electron chi connectivity index (χ4n) is 1.16. The minimum atomic E-state index is -0.925. The standard InChI is InChI=1S/C9H9NO6/c1-16-7(12)4-5-2-3-6(11)8(9(5)13)10(14)15/h2-3,11,13H,4H2,1H3. The number of aromatic hydroxyl groups is 2. The Bertz CT molecular complexity index is 442. The summed E-state index contributed by atoms with van der Waals surface area (Å²) in [6.07, 6.45) is -0.302. The molecule has 0 saturated heterocycles. The maximum Gasteiger partial charge on any atom is 0.352 e. The second-order valence-corrected chi connectivity index (χ2v) is 2.95. The average Bonchev–Trinajstić information content (AvgIpc) is 2.21. The number of phenolic OH excluding ortho intramolecular Hbond substituents is 2. The molecule has 7 nitrogen and oxygen atoms in total. The van der Waals surface area contributed by atoms with Gasteiger partial charge in [0.1, 0.15) is 0 Å². The van der Waals surface area contributed by atoms with Gasteiger partial charge in [-0.2, -0.15) is 0 Å². The van der Waals surface area contributed by atoms with Gasteiger partial charge in [0.15, 0.2) is 5.75 Å². The molecule has 0 spiro atoms. The molecule has 0 heterocycles. The van der Waals surface area contributed by atoms with Gasteiger partial charge in [-0.05, 0) is 6.07 Å². The maximum atomic E-state index is 10.9. The van der Waals surface area contributed by atoms with E-state index in [0.717, 1.165) is 13.2 Å². The Morgan fingerprint density at radius 3 is 2.62 bits per heavy atom. The van der Waals surface area contributed by atoms with Gasteiger partial charge in [-0.15, -0.1) is 0 Å². The third-order valence-corrected chi connectivity index (χ3v) is 1.96. The summed E-state index contributed by atoms with van der Waals surface area (Å²) in [6, 6.07) is 2.25. The molecule has 1 aromatic carbocycles. The highest BCUT2D eigenvalue weighted by Gasteiger charge is 2.23. The van der Waals surface area contributed by atoms with Crippen molar-refractivity contribution in [3.8, 4) is 11.5 Å². The molecule has 86 valence electrons. The molecule has 0 aliphatic carbocycles. The van der Waals surface area contributed by atoms with Crippen LogP contribution in [0.25, 0.3) is 0 Å². The summed E-state index contributed by atoms with van der Waals surface area (Å²) in [4.78, 5) is 20.5. The summed E-state index contributed by atoms with van der Waals surface area (Å²) in [5, 5.41) is 29.2. The summed E-state index contributed by atoms with van der Waals surface area (Å²) < 4.78 is 4.36. The van der Waals surface area contributed by atoms with Crippen molar-refractivity contribution in [3.63, 3.8) is 0 Å². The maximum absolute atomic E-state index is 10.9. The minimum Gasteiger partial charge on any atom is -0.502 e. The summed E-state index contributed by atoms with van der Waals surface area (Å²) in [5.41, 5.74) is -0.794. The molecule has 0 amide bonds. The number of nitrogens with zero attached hydrogens (tertiary/aromatic N) is 1. The van der Waals surface area contributed by atoms with E-state index < -0.39 is 28.1 Å². The van der Waals surface area contributed by atoms with E-state index in [1.807, 2.05) is 0 Å². The molecule has 7 heteroatoms. The topological polar surface area (TPSA) is 110 Å². The zero-order chi connectivity index (χ0) is 12.3. The Labute approximate surface area is 90.0 Å². The van der Waals surface area contributed by atoms with Crippen LogP contribution in [0.3, 0.4) is 0 Å². The van der Waals surface area contributed by atoms with Gasteiger partial charge in [-0.25, -0.2) is 0 Å². The quantitative estimate of drug-likeness (QED) is 0.447. The number of esters is 1. The van der Waals surface area contributed by atoms with Gasteiger partial charge >= 0.3 is 11.7 Å². The van der Waals surface area contributed by atoms with Crippen molar-refractivity contribution in [2.75, 3.05) is 7.11 Å². The first-order chi connectivity index (χ1) is 7.47. The fourth-order valence-corrected chi connectivity index (χ4v) is 1.16. The van der Waals surface area contributed by atoms with E-state index in [2.05, 4.69) is 4.74 Å². The summed E-state index contributed by atoms with van der Waals surface area (Å²) in [7, 11) is 1.16. The molecular formula is C9H9NO6. The number of ether oxygens (including phenoxy) is 1. The van der Waals surface area contributed by atoms with Crippen molar-refractivity contribution in [2.45, 2.75) is 6.42 Å². The number of hydrogen-bond donors (Lipinski definition) is 2. The second-order valence-electron chi connectivity index (χ2n) is 2.95. The van der Waals surface area contributed by atoms with Crippen molar-refractivity contribution in [2.24, 2.45) is 0 Å². The average molecular weight is 227 g/mol. The van der Waals surface area contributed by atoms with Crippen LogP contribution in [0.4, 0.5) is 5.69 Å². The lowest BCUT2D eigenvalue weighted by molar-refractivity contribution is -0.386. The fraction of sp³-hybridized carbons (Fsp3) is 0.222. The highest BCUT2D eigenvalue weighted by atomic mass is 16.6. The first-order valence-electron chi connectivity index (χ1n) is 4.22. The van der Waals surface area contributed by atoms with E-state index in [9.17, 15) is 20.0 Å². The zero-order valence-corrected chi connectivity index (χ0v) is 8.34. The van der Waals surface area contributed by atoms with Gasteiger partial charge < -0.3 is 14.9 Å². The van der Waals surface area contributed by atoms with E-state index in [-0.39, 0.29) is 12.0 Å². The van der Waals surface area contributed by atoms with E-state index in [1.165, 1.54) is 6.07 Å². The number of hydrogen-bond acceptors (Lipinski definition) is 6. The third kappa shape index (κ3) is 2.19. The van der Waals surface area contributed by atoms with Crippen LogP contribution in [-0.4, -0.2) is 28.2 Å². The third-order valence-electron chi connectivity index (χ3n) is 1.96. The molecule has 0 saturated carbocycles. The van der Waals surface area contributed by atoms with Crippen LogP contribution in [0.5, 0.6) is 11.5 Å². The lowest BCUT2D eigenvalue weighted by atomic mass is 10.1. The first-order valence-corrected chi connectivity index (χ1v) is 4.22. The molecule has 2 N–H and O–H groups in total. The summed E-state index contributed by atoms with van der Waals surface area (Å²) in [6.45, 7) is 0. The predicted molar refractivity (Wildman–Crippen MR) is 52.1 cm³/mol. The van der Waals surface area contributed by atoms with Crippen LogP contribution in [-0.2, 0) is 16.0 Å². The highest BCUT2D eigenvalue weighted by Crippen LogP contribution is 2.37. The molecule has 0 bridgehead atoms. The Morgan fingerprint density at radius 1 is 1.50 bits per heavy atom. The number of methoxy groups -OCH3 is 1. The Kier molecular flexibility index (Phi) is 3.29. The zero-order valence-electron chi connectivity index (χ0n) is 8.34. The van der Waals surface area contributed by atoms with Crippen molar-refractivity contribution >= 4 is 11.7 Å². The van der Waals surface area contributed by atoms with Gasteiger partial charge in [-0.1, -0.05) is 6.07 Å². The Hall–Kier alpha value is -2.31. The predicted octanol–water partition coefficient (Wildman–Crippen LogP) is 0.721. The molecule has 1 rings (SSSR count). The summed E-state index contributed by atoms with van der Waals surface area (Å²) >= 11 is 0. The Balaban J connectivity index is 3.18. The minimum absolute atomic E-state index is 0.0244. The number of nitro benzene ring substituents is 1. The Morgan fingerprint density at radius 2 is 2.12 bits per heavy atom. The van der Waals surface area contributed by atoms with E-state index in [0.29, 0.717) is 0 Å². The molecule has 0 fully saturated rings. The first kappa shape index (κ1) is 11.8. The SMILES string of the molecule is COC(=O)Cc1ccc(O)c([N+](=O)[O-])c1O. The monoisotopic (exact) mass is 227 g/mol. The molecule has 0 aliphatic heterocycles. The van der Waals surface area contributed by atoms with Crippen LogP contribution in [0.1, 0.15) is 5.56 Å². The van der Waals surface area contributed by atoms with Crippen LogP contribution < -0.4 is 0 Å². The molecule has 0 aliphatic rings. The van der Waals surface area contributed by atoms with Gasteiger partial charge in [0.25, 0.3) is 0 Å². The molecule has 0 atom stereocenters. The van der Waals surface area contributed by atoms with Gasteiger partial charge in [0, 0.05) is 5.56 Å². The lowest BCUT2D eigenvalue weighted by Crippen LogP contribution is -2.05. The molecule has 0 unspecified atom stereocenters. The van der Waals surface area contributed by atoms with Crippen molar-refractivity contribution in [1.82, 2.24) is 0 Å². The number of benzene rings is 1.